The van der Waals surface area contributed by atoms with Crippen molar-refractivity contribution in [1.29, 1.82) is 0 Å². The lowest BCUT2D eigenvalue weighted by Gasteiger charge is -2.29. The highest BCUT2D eigenvalue weighted by Gasteiger charge is 2.23. The third-order valence-electron chi connectivity index (χ3n) is 4.97. The number of nitrogens with two attached hydrogens (primary N) is 2. The third-order valence-corrected chi connectivity index (χ3v) is 4.97. The molecule has 0 spiro atoms. The number of hydrogen-bond acceptors (Lipinski definition) is 8. The molecule has 0 radical (unpaired) electrons. The summed E-state index contributed by atoms with van der Waals surface area (Å²) in [7, 11) is 0. The summed E-state index contributed by atoms with van der Waals surface area (Å²) in [5.41, 5.74) is 14.7. The summed E-state index contributed by atoms with van der Waals surface area (Å²) in [5, 5.41) is 5.32. The Balaban J connectivity index is 1.65. The number of ether oxygens (including phenoxy) is 1. The lowest BCUT2D eigenvalue weighted by Crippen LogP contribution is -2.37. The van der Waals surface area contributed by atoms with Crippen LogP contribution >= 0.6 is 0 Å². The van der Waals surface area contributed by atoms with E-state index in [2.05, 4.69) is 20.1 Å². The second-order valence-corrected chi connectivity index (χ2v) is 6.88. The van der Waals surface area contributed by atoms with E-state index in [1.165, 1.54) is 12.1 Å². The number of benzene rings is 1. The van der Waals surface area contributed by atoms with Crippen LogP contribution in [0.4, 0.5) is 21.7 Å². The molecule has 1 saturated heterocycles. The van der Waals surface area contributed by atoms with Gasteiger partial charge in [0.1, 0.15) is 17.2 Å². The summed E-state index contributed by atoms with van der Waals surface area (Å²) in [6.45, 7) is 2.51. The first-order chi connectivity index (χ1) is 14.6. The zero-order valence-corrected chi connectivity index (χ0v) is 16.0. The third kappa shape index (κ3) is 3.07. The van der Waals surface area contributed by atoms with Gasteiger partial charge in [-0.05, 0) is 30.3 Å². The van der Waals surface area contributed by atoms with Gasteiger partial charge in [0.25, 0.3) is 0 Å². The first-order valence-electron chi connectivity index (χ1n) is 9.47. The van der Waals surface area contributed by atoms with Crippen molar-refractivity contribution in [2.24, 2.45) is 0 Å². The Morgan fingerprint density at radius 3 is 2.50 bits per heavy atom. The van der Waals surface area contributed by atoms with Gasteiger partial charge >= 0.3 is 0 Å². The minimum atomic E-state index is -0.367. The molecule has 0 atom stereocenters. The molecular formula is C20H19FN8O. The van der Waals surface area contributed by atoms with Crippen LogP contribution in [0.15, 0.2) is 42.6 Å². The molecule has 9 nitrogen and oxygen atoms in total. The zero-order valence-electron chi connectivity index (χ0n) is 16.0. The predicted molar refractivity (Wildman–Crippen MR) is 112 cm³/mol. The second-order valence-electron chi connectivity index (χ2n) is 6.88. The molecule has 4 heterocycles. The molecular weight excluding hydrogens is 387 g/mol. The van der Waals surface area contributed by atoms with Gasteiger partial charge in [-0.2, -0.15) is 5.10 Å². The molecule has 0 bridgehead atoms. The van der Waals surface area contributed by atoms with Gasteiger partial charge < -0.3 is 21.1 Å². The lowest BCUT2D eigenvalue weighted by atomic mass is 10.2. The number of fused-ring (bicyclic) bond motifs is 1. The highest BCUT2D eigenvalue weighted by atomic mass is 19.1. The summed E-state index contributed by atoms with van der Waals surface area (Å²) in [6, 6.07) is 9.77. The van der Waals surface area contributed by atoms with Crippen LogP contribution in [0.1, 0.15) is 0 Å². The predicted octanol–water partition coefficient (Wildman–Crippen LogP) is 2.02. The normalized spacial score (nSPS) is 14.4. The van der Waals surface area contributed by atoms with E-state index in [1.807, 2.05) is 11.0 Å². The standard InChI is InChI=1S/C20H19FN8O/c21-12-3-1-4-13(11-12)29-20-14(5-2-6-24-20)15(27-29)19-25-17(22)16(18(23)26-19)28-7-9-30-10-8-28/h1-6,11H,7-10H2,(H4,22,23,25,26). The molecule has 1 fully saturated rings. The Morgan fingerprint density at radius 1 is 1.00 bits per heavy atom. The van der Waals surface area contributed by atoms with E-state index in [0.29, 0.717) is 54.4 Å². The number of nitrogen functional groups attached to an aromatic ring is 2. The van der Waals surface area contributed by atoms with E-state index < -0.39 is 0 Å². The molecule has 5 rings (SSSR count). The number of aromatic nitrogens is 5. The first kappa shape index (κ1) is 18.3. The number of morpholine rings is 1. The van der Waals surface area contributed by atoms with E-state index >= 15 is 0 Å². The van der Waals surface area contributed by atoms with E-state index in [4.69, 9.17) is 16.2 Å². The average molecular weight is 406 g/mol. The Kier molecular flexibility index (Phi) is 4.40. The Hall–Kier alpha value is -3.79. The van der Waals surface area contributed by atoms with E-state index in [-0.39, 0.29) is 23.3 Å². The van der Waals surface area contributed by atoms with Crippen LogP contribution < -0.4 is 16.4 Å². The fourth-order valence-corrected chi connectivity index (χ4v) is 3.61. The second kappa shape index (κ2) is 7.23. The smallest absolute Gasteiger partial charge is 0.184 e. The van der Waals surface area contributed by atoms with Crippen molar-refractivity contribution in [1.82, 2.24) is 24.7 Å². The highest BCUT2D eigenvalue weighted by molar-refractivity contribution is 5.91. The van der Waals surface area contributed by atoms with Crippen LogP contribution in [0.3, 0.4) is 0 Å². The van der Waals surface area contributed by atoms with Crippen molar-refractivity contribution in [3.63, 3.8) is 0 Å². The monoisotopic (exact) mass is 406 g/mol. The van der Waals surface area contributed by atoms with E-state index in [9.17, 15) is 4.39 Å². The Morgan fingerprint density at radius 2 is 1.77 bits per heavy atom. The molecule has 0 aliphatic carbocycles. The maximum atomic E-state index is 13.8. The molecule has 10 heteroatoms. The fraction of sp³-hybridized carbons (Fsp3) is 0.200. The first-order valence-corrected chi connectivity index (χ1v) is 9.47. The summed E-state index contributed by atoms with van der Waals surface area (Å²) < 4.78 is 20.7. The van der Waals surface area contributed by atoms with Crippen LogP contribution in [-0.4, -0.2) is 51.0 Å². The maximum absolute atomic E-state index is 13.8. The quantitative estimate of drug-likeness (QED) is 0.530. The molecule has 0 saturated carbocycles. The lowest BCUT2D eigenvalue weighted by molar-refractivity contribution is 0.123. The summed E-state index contributed by atoms with van der Waals surface area (Å²) in [6.07, 6.45) is 1.65. The number of rotatable bonds is 3. The summed E-state index contributed by atoms with van der Waals surface area (Å²) in [4.78, 5) is 15.4. The van der Waals surface area contributed by atoms with E-state index in [1.54, 1.807) is 29.1 Å². The van der Waals surface area contributed by atoms with Crippen molar-refractivity contribution < 1.29 is 9.13 Å². The van der Waals surface area contributed by atoms with Crippen molar-refractivity contribution >= 4 is 28.4 Å². The molecule has 4 aromatic rings. The molecule has 4 N–H and O–H groups in total. The number of anilines is 3. The number of halogens is 1. The van der Waals surface area contributed by atoms with E-state index in [0.717, 1.165) is 0 Å². The van der Waals surface area contributed by atoms with Crippen LogP contribution in [0.25, 0.3) is 28.2 Å². The van der Waals surface area contributed by atoms with Gasteiger partial charge in [-0.25, -0.2) is 24.0 Å². The molecule has 30 heavy (non-hydrogen) atoms. The van der Waals surface area contributed by atoms with Crippen LogP contribution in [0.5, 0.6) is 0 Å². The minimum absolute atomic E-state index is 0.275. The molecule has 152 valence electrons. The van der Waals surface area contributed by atoms with Gasteiger partial charge in [0, 0.05) is 19.3 Å². The number of pyridine rings is 1. The summed E-state index contributed by atoms with van der Waals surface area (Å²) >= 11 is 0. The number of nitrogens with zero attached hydrogens (tertiary/aromatic N) is 6. The van der Waals surface area contributed by atoms with Gasteiger partial charge in [-0.3, -0.25) is 0 Å². The zero-order chi connectivity index (χ0) is 20.7. The highest BCUT2D eigenvalue weighted by Crippen LogP contribution is 2.33. The Labute approximate surface area is 171 Å². The average Bonchev–Trinajstić information content (AvgIpc) is 3.14. The van der Waals surface area contributed by atoms with Gasteiger partial charge in [-0.15, -0.1) is 0 Å². The largest absolute Gasteiger partial charge is 0.382 e. The maximum Gasteiger partial charge on any atom is 0.184 e. The molecule has 1 aromatic carbocycles. The van der Waals surface area contributed by atoms with Crippen molar-refractivity contribution in [2.75, 3.05) is 42.7 Å². The molecule has 3 aromatic heterocycles. The molecule has 0 amide bonds. The fourth-order valence-electron chi connectivity index (χ4n) is 3.61. The van der Waals surface area contributed by atoms with Crippen molar-refractivity contribution in [2.45, 2.75) is 0 Å². The van der Waals surface area contributed by atoms with Gasteiger partial charge in [-0.1, -0.05) is 6.07 Å². The number of hydrogen-bond donors (Lipinski definition) is 2. The van der Waals surface area contributed by atoms with Gasteiger partial charge in [0.15, 0.2) is 23.1 Å². The Bertz CT molecular complexity index is 1210. The topological polar surface area (TPSA) is 121 Å². The van der Waals surface area contributed by atoms with Crippen molar-refractivity contribution in [3.05, 3.63) is 48.4 Å². The van der Waals surface area contributed by atoms with Gasteiger partial charge in [0.05, 0.1) is 24.3 Å². The van der Waals surface area contributed by atoms with Crippen LogP contribution in [0.2, 0.25) is 0 Å². The molecule has 1 aliphatic rings. The van der Waals surface area contributed by atoms with Crippen LogP contribution in [-0.2, 0) is 4.74 Å². The summed E-state index contributed by atoms with van der Waals surface area (Å²) in [5.74, 6) is 0.469. The minimum Gasteiger partial charge on any atom is -0.382 e. The molecule has 1 aliphatic heterocycles. The van der Waals surface area contributed by atoms with Gasteiger partial charge in [0.2, 0.25) is 0 Å². The SMILES string of the molecule is Nc1nc(-c2nn(-c3cccc(F)c3)c3ncccc23)nc(N)c1N1CCOCC1. The van der Waals surface area contributed by atoms with Crippen molar-refractivity contribution in [3.8, 4) is 17.2 Å². The molecule has 0 unspecified atom stereocenters. The van der Waals surface area contributed by atoms with Crippen LogP contribution in [0, 0.1) is 5.82 Å².